The lowest BCUT2D eigenvalue weighted by Gasteiger charge is -2.24. The number of carboxylic acid groups (broad SMARTS) is 1. The third-order valence-electron chi connectivity index (χ3n) is 4.09. The van der Waals surface area contributed by atoms with E-state index in [1.165, 1.54) is 19.8 Å². The third-order valence-corrected chi connectivity index (χ3v) is 4.09. The van der Waals surface area contributed by atoms with Gasteiger partial charge in [0.1, 0.15) is 0 Å². The fraction of sp³-hybridized carbons (Fsp3) is 0.833. The van der Waals surface area contributed by atoms with Crippen LogP contribution in [0.1, 0.15) is 32.6 Å². The first-order chi connectivity index (χ1) is 8.47. The second-order valence-corrected chi connectivity index (χ2v) is 5.46. The van der Waals surface area contributed by atoms with Crippen LogP contribution in [0.25, 0.3) is 0 Å². The van der Waals surface area contributed by atoms with E-state index in [2.05, 4.69) is 10.6 Å². The fourth-order valence-corrected chi connectivity index (χ4v) is 3.16. The number of nitrogens with one attached hydrogen (secondary N) is 2. The Labute approximate surface area is 106 Å². The largest absolute Gasteiger partial charge is 0.480 e. The highest BCUT2D eigenvalue weighted by molar-refractivity contribution is 5.83. The first-order valence-corrected chi connectivity index (χ1v) is 6.45. The molecule has 2 amide bonds. The molecule has 18 heavy (non-hydrogen) atoms. The van der Waals surface area contributed by atoms with Gasteiger partial charge in [0.25, 0.3) is 0 Å². The highest BCUT2D eigenvalue weighted by Gasteiger charge is 2.40. The van der Waals surface area contributed by atoms with E-state index in [0.29, 0.717) is 11.8 Å². The van der Waals surface area contributed by atoms with Crippen LogP contribution in [0.4, 0.5) is 4.79 Å². The van der Waals surface area contributed by atoms with Gasteiger partial charge in [-0.05, 0) is 38.0 Å². The van der Waals surface area contributed by atoms with E-state index in [0.717, 1.165) is 12.8 Å². The average Bonchev–Trinajstić information content (AvgIpc) is 2.86. The number of carbonyl (C=O) groups is 2. The molecule has 0 heterocycles. The molecule has 0 spiro atoms. The molecule has 0 radical (unpaired) electrons. The number of amides is 2. The van der Waals surface area contributed by atoms with Crippen molar-refractivity contribution >= 4 is 12.0 Å². The lowest BCUT2D eigenvalue weighted by molar-refractivity contribution is -0.141. The quantitative estimate of drug-likeness (QED) is 0.581. The predicted molar refractivity (Wildman–Crippen MR) is 64.0 cm³/mol. The van der Waals surface area contributed by atoms with Crippen LogP contribution >= 0.6 is 0 Å². The molecule has 0 aromatic carbocycles. The molecule has 3 unspecified atom stereocenters. The summed E-state index contributed by atoms with van der Waals surface area (Å²) in [6.07, 6.45) is 3.44. The number of rotatable bonds is 4. The number of hydrogen-bond acceptors (Lipinski definition) is 3. The summed E-state index contributed by atoms with van der Waals surface area (Å²) in [6, 6.07) is -1.60. The Morgan fingerprint density at radius 1 is 1.28 bits per heavy atom. The van der Waals surface area contributed by atoms with Gasteiger partial charge >= 0.3 is 12.0 Å². The van der Waals surface area contributed by atoms with E-state index in [4.69, 9.17) is 5.11 Å². The smallest absolute Gasteiger partial charge is 0.328 e. The summed E-state index contributed by atoms with van der Waals surface area (Å²) < 4.78 is 0. The van der Waals surface area contributed by atoms with Crippen molar-refractivity contribution in [1.29, 1.82) is 0 Å². The maximum absolute atomic E-state index is 11.7. The number of urea groups is 1. The molecule has 0 aromatic rings. The number of fused-ring (bicyclic) bond motifs is 2. The van der Waals surface area contributed by atoms with Crippen LogP contribution in [-0.4, -0.2) is 40.4 Å². The van der Waals surface area contributed by atoms with Crippen LogP contribution in [0, 0.1) is 11.8 Å². The van der Waals surface area contributed by atoms with Gasteiger partial charge in [-0.1, -0.05) is 6.42 Å². The molecule has 2 rings (SSSR count). The molecule has 0 aliphatic heterocycles. The molecule has 6 nitrogen and oxygen atoms in total. The Hall–Kier alpha value is -1.30. The normalized spacial score (nSPS) is 32.9. The zero-order valence-corrected chi connectivity index (χ0v) is 10.4. The van der Waals surface area contributed by atoms with E-state index >= 15 is 0 Å². The van der Waals surface area contributed by atoms with E-state index in [1.807, 2.05) is 0 Å². The molecular weight excluding hydrogens is 236 g/mol. The topological polar surface area (TPSA) is 98.7 Å². The van der Waals surface area contributed by atoms with Crippen LogP contribution in [0.15, 0.2) is 0 Å². The minimum Gasteiger partial charge on any atom is -0.480 e. The number of aliphatic hydroxyl groups is 1. The summed E-state index contributed by atoms with van der Waals surface area (Å²) in [7, 11) is 0. The lowest BCUT2D eigenvalue weighted by atomic mass is 9.95. The average molecular weight is 256 g/mol. The second kappa shape index (κ2) is 5.14. The van der Waals surface area contributed by atoms with Crippen molar-refractivity contribution in [2.75, 3.05) is 0 Å². The van der Waals surface area contributed by atoms with E-state index in [-0.39, 0.29) is 6.04 Å². The first kappa shape index (κ1) is 13.1. The van der Waals surface area contributed by atoms with Crippen LogP contribution < -0.4 is 10.6 Å². The number of aliphatic hydroxyl groups excluding tert-OH is 1. The molecule has 2 aliphatic rings. The summed E-state index contributed by atoms with van der Waals surface area (Å²) in [5.74, 6) is 0.0241. The monoisotopic (exact) mass is 256 g/mol. The van der Waals surface area contributed by atoms with Gasteiger partial charge in [0.2, 0.25) is 0 Å². The van der Waals surface area contributed by atoms with Gasteiger partial charge in [0.05, 0.1) is 6.10 Å². The SMILES string of the molecule is C[C@@H](O)[C@H](NC(=O)NC1CC2CCC1C2)C(=O)O. The molecule has 0 saturated heterocycles. The van der Waals surface area contributed by atoms with E-state index in [1.54, 1.807) is 0 Å². The van der Waals surface area contributed by atoms with Gasteiger partial charge in [-0.15, -0.1) is 0 Å². The van der Waals surface area contributed by atoms with Gasteiger partial charge in [-0.3, -0.25) is 0 Å². The van der Waals surface area contributed by atoms with Crippen LogP contribution in [0.5, 0.6) is 0 Å². The van der Waals surface area contributed by atoms with Gasteiger partial charge in [-0.25, -0.2) is 9.59 Å². The Balaban J connectivity index is 1.83. The summed E-state index contributed by atoms with van der Waals surface area (Å²) in [6.45, 7) is 1.34. The van der Waals surface area contributed by atoms with Crippen molar-refractivity contribution in [3.8, 4) is 0 Å². The third kappa shape index (κ3) is 2.75. The molecule has 2 bridgehead atoms. The standard InChI is InChI=1S/C12H20N2O4/c1-6(15)10(11(16)17)14-12(18)13-9-5-7-2-3-8(9)4-7/h6-10,15H,2-5H2,1H3,(H,16,17)(H2,13,14,18)/t6-,7?,8?,9?,10+/m1/s1. The van der Waals surface area contributed by atoms with Crippen molar-refractivity contribution in [2.24, 2.45) is 11.8 Å². The highest BCUT2D eigenvalue weighted by atomic mass is 16.4. The van der Waals surface area contributed by atoms with E-state index in [9.17, 15) is 14.7 Å². The fourth-order valence-electron chi connectivity index (χ4n) is 3.16. The van der Waals surface area contributed by atoms with Crippen molar-refractivity contribution < 1.29 is 19.8 Å². The van der Waals surface area contributed by atoms with Gasteiger partial charge in [0, 0.05) is 6.04 Å². The molecule has 6 heteroatoms. The lowest BCUT2D eigenvalue weighted by Crippen LogP contribution is -2.53. The molecule has 2 saturated carbocycles. The zero-order chi connectivity index (χ0) is 13.3. The Kier molecular flexibility index (Phi) is 3.75. The molecule has 5 atom stereocenters. The Morgan fingerprint density at radius 2 is 2.00 bits per heavy atom. The number of carboxylic acids is 1. The van der Waals surface area contributed by atoms with Gasteiger partial charge in [-0.2, -0.15) is 0 Å². The van der Waals surface area contributed by atoms with Crippen molar-refractivity contribution in [2.45, 2.75) is 50.8 Å². The number of carbonyl (C=O) groups excluding carboxylic acids is 1. The second-order valence-electron chi connectivity index (χ2n) is 5.46. The van der Waals surface area contributed by atoms with E-state index < -0.39 is 24.1 Å². The maximum atomic E-state index is 11.7. The van der Waals surface area contributed by atoms with Crippen molar-refractivity contribution in [3.63, 3.8) is 0 Å². The Morgan fingerprint density at radius 3 is 2.44 bits per heavy atom. The minimum atomic E-state index is -1.26. The predicted octanol–water partition coefficient (Wildman–Crippen LogP) is 0.308. The molecular formula is C12H20N2O4. The van der Waals surface area contributed by atoms with Crippen molar-refractivity contribution in [3.05, 3.63) is 0 Å². The highest BCUT2D eigenvalue weighted by Crippen LogP contribution is 2.44. The molecule has 102 valence electrons. The molecule has 2 aliphatic carbocycles. The van der Waals surface area contributed by atoms with Crippen LogP contribution in [-0.2, 0) is 4.79 Å². The van der Waals surface area contributed by atoms with Gasteiger partial charge in [0.15, 0.2) is 6.04 Å². The summed E-state index contributed by atoms with van der Waals surface area (Å²) in [5, 5.41) is 23.3. The molecule has 0 aromatic heterocycles. The number of hydrogen-bond donors (Lipinski definition) is 4. The van der Waals surface area contributed by atoms with Crippen LogP contribution in [0.2, 0.25) is 0 Å². The molecule has 2 fully saturated rings. The van der Waals surface area contributed by atoms with Crippen LogP contribution in [0.3, 0.4) is 0 Å². The first-order valence-electron chi connectivity index (χ1n) is 6.45. The number of aliphatic carboxylic acids is 1. The summed E-state index contributed by atoms with van der Waals surface area (Å²) in [4.78, 5) is 22.5. The summed E-state index contributed by atoms with van der Waals surface area (Å²) in [5.41, 5.74) is 0. The van der Waals surface area contributed by atoms with Crippen molar-refractivity contribution in [1.82, 2.24) is 10.6 Å². The molecule has 4 N–H and O–H groups in total. The zero-order valence-electron chi connectivity index (χ0n) is 10.4. The Bertz CT molecular complexity index is 345. The summed E-state index contributed by atoms with van der Waals surface area (Å²) >= 11 is 0. The minimum absolute atomic E-state index is 0.159. The maximum Gasteiger partial charge on any atom is 0.328 e. The van der Waals surface area contributed by atoms with Gasteiger partial charge < -0.3 is 20.8 Å².